The average Bonchev–Trinajstić information content (AvgIpc) is 3.16. The molecule has 2 aromatic carbocycles. The van der Waals surface area contributed by atoms with Crippen molar-refractivity contribution in [2.75, 3.05) is 0 Å². The molecule has 3 aromatic rings. The quantitative estimate of drug-likeness (QED) is 0.702. The van der Waals surface area contributed by atoms with Gasteiger partial charge < -0.3 is 10.4 Å². The van der Waals surface area contributed by atoms with E-state index >= 15 is 0 Å². The Morgan fingerprint density at radius 3 is 2.60 bits per heavy atom. The number of aromatic nitrogens is 4. The van der Waals surface area contributed by atoms with Gasteiger partial charge in [-0.05, 0) is 45.8 Å². The van der Waals surface area contributed by atoms with Gasteiger partial charge in [-0.3, -0.25) is 4.79 Å². The molecule has 8 heteroatoms. The minimum absolute atomic E-state index is 0.148. The van der Waals surface area contributed by atoms with Crippen molar-refractivity contribution in [3.05, 3.63) is 71.3 Å². The first-order chi connectivity index (χ1) is 12.2. The average molecular weight is 341 g/mol. The zero-order chi connectivity index (χ0) is 17.6. The van der Waals surface area contributed by atoms with Crippen LogP contribution >= 0.6 is 0 Å². The van der Waals surface area contributed by atoms with Crippen LogP contribution in [0, 0.1) is 5.82 Å². The zero-order valence-electron chi connectivity index (χ0n) is 13.3. The molecule has 1 heterocycles. The normalized spacial score (nSPS) is 10.6. The first kappa shape index (κ1) is 16.7. The van der Waals surface area contributed by atoms with E-state index in [1.165, 1.54) is 23.1 Å². The fraction of sp³-hybridized carbons (Fsp3) is 0.176. The second kappa shape index (κ2) is 7.63. The Morgan fingerprint density at radius 1 is 1.16 bits per heavy atom. The van der Waals surface area contributed by atoms with Crippen LogP contribution < -0.4 is 5.32 Å². The molecule has 0 spiro atoms. The van der Waals surface area contributed by atoms with Crippen LogP contribution in [0.25, 0.3) is 5.69 Å². The fourth-order valence-corrected chi connectivity index (χ4v) is 2.35. The molecule has 1 amide bonds. The van der Waals surface area contributed by atoms with Crippen molar-refractivity contribution < 1.29 is 14.3 Å². The van der Waals surface area contributed by atoms with E-state index in [0.29, 0.717) is 0 Å². The van der Waals surface area contributed by atoms with E-state index in [-0.39, 0.29) is 31.0 Å². The van der Waals surface area contributed by atoms with Crippen molar-refractivity contribution in [3.63, 3.8) is 0 Å². The van der Waals surface area contributed by atoms with Gasteiger partial charge in [0, 0.05) is 12.1 Å². The molecule has 25 heavy (non-hydrogen) atoms. The fourth-order valence-electron chi connectivity index (χ4n) is 2.35. The predicted molar refractivity (Wildman–Crippen MR) is 87.0 cm³/mol. The van der Waals surface area contributed by atoms with E-state index < -0.39 is 5.82 Å². The smallest absolute Gasteiger partial charge is 0.224 e. The molecule has 7 nitrogen and oxygen atoms in total. The SMILES string of the molecule is O=C(Cc1ccc(-n2cnnn2)cc1)NCc1ccc(F)c(CO)c1. The first-order valence-electron chi connectivity index (χ1n) is 7.63. The maximum Gasteiger partial charge on any atom is 0.224 e. The second-order valence-corrected chi connectivity index (χ2v) is 5.46. The van der Waals surface area contributed by atoms with E-state index in [4.69, 9.17) is 5.11 Å². The van der Waals surface area contributed by atoms with Crippen LogP contribution in [0.4, 0.5) is 4.39 Å². The highest BCUT2D eigenvalue weighted by Gasteiger charge is 2.06. The highest BCUT2D eigenvalue weighted by Crippen LogP contribution is 2.11. The lowest BCUT2D eigenvalue weighted by molar-refractivity contribution is -0.120. The van der Waals surface area contributed by atoms with Gasteiger partial charge in [-0.15, -0.1) is 5.10 Å². The number of carbonyl (C=O) groups is 1. The van der Waals surface area contributed by atoms with Crippen molar-refractivity contribution in [3.8, 4) is 5.69 Å². The number of amides is 1. The Hall–Kier alpha value is -3.13. The van der Waals surface area contributed by atoms with Crippen LogP contribution in [-0.2, 0) is 24.4 Å². The van der Waals surface area contributed by atoms with E-state index in [1.54, 1.807) is 6.07 Å². The molecular weight excluding hydrogens is 325 g/mol. The van der Waals surface area contributed by atoms with Gasteiger partial charge in [0.2, 0.25) is 5.91 Å². The third kappa shape index (κ3) is 4.24. The van der Waals surface area contributed by atoms with Gasteiger partial charge in [0.05, 0.1) is 18.7 Å². The lowest BCUT2D eigenvalue weighted by Crippen LogP contribution is -2.24. The number of rotatable bonds is 6. The summed E-state index contributed by atoms with van der Waals surface area (Å²) in [4.78, 5) is 12.0. The van der Waals surface area contributed by atoms with Gasteiger partial charge in [-0.1, -0.05) is 18.2 Å². The minimum Gasteiger partial charge on any atom is -0.392 e. The van der Waals surface area contributed by atoms with Crippen molar-refractivity contribution in [2.45, 2.75) is 19.6 Å². The third-order valence-electron chi connectivity index (χ3n) is 3.68. The van der Waals surface area contributed by atoms with Gasteiger partial charge >= 0.3 is 0 Å². The summed E-state index contributed by atoms with van der Waals surface area (Å²) >= 11 is 0. The van der Waals surface area contributed by atoms with Crippen LogP contribution in [0.15, 0.2) is 48.8 Å². The number of tetrazole rings is 1. The zero-order valence-corrected chi connectivity index (χ0v) is 13.3. The van der Waals surface area contributed by atoms with Gasteiger partial charge in [0.25, 0.3) is 0 Å². The summed E-state index contributed by atoms with van der Waals surface area (Å²) in [7, 11) is 0. The molecular formula is C17H16FN5O2. The topological polar surface area (TPSA) is 92.9 Å². The molecule has 0 saturated carbocycles. The van der Waals surface area contributed by atoms with E-state index in [9.17, 15) is 9.18 Å². The summed E-state index contributed by atoms with van der Waals surface area (Å²) in [6.07, 6.45) is 1.72. The number of benzene rings is 2. The molecule has 2 N–H and O–H groups in total. The van der Waals surface area contributed by atoms with E-state index in [0.717, 1.165) is 16.8 Å². The number of nitrogens with one attached hydrogen (secondary N) is 1. The Labute approximate surface area is 143 Å². The van der Waals surface area contributed by atoms with E-state index in [2.05, 4.69) is 20.8 Å². The predicted octanol–water partition coefficient (Wildman–Crippen LogP) is 1.15. The van der Waals surface area contributed by atoms with Gasteiger partial charge in [-0.25, -0.2) is 9.07 Å². The number of aliphatic hydroxyl groups is 1. The molecule has 0 aliphatic carbocycles. The summed E-state index contributed by atoms with van der Waals surface area (Å²) in [6, 6.07) is 11.7. The highest BCUT2D eigenvalue weighted by atomic mass is 19.1. The van der Waals surface area contributed by atoms with Gasteiger partial charge in [0.15, 0.2) is 0 Å². The monoisotopic (exact) mass is 341 g/mol. The van der Waals surface area contributed by atoms with Crippen molar-refractivity contribution in [1.29, 1.82) is 0 Å². The second-order valence-electron chi connectivity index (χ2n) is 5.46. The number of hydrogen-bond acceptors (Lipinski definition) is 5. The number of nitrogens with zero attached hydrogens (tertiary/aromatic N) is 4. The molecule has 0 aliphatic heterocycles. The molecule has 0 radical (unpaired) electrons. The standard InChI is InChI=1S/C17H16FN5O2/c18-16-6-3-13(7-14(16)10-24)9-19-17(25)8-12-1-4-15(5-2-12)23-11-20-21-22-23/h1-7,11,24H,8-10H2,(H,19,25). The Balaban J connectivity index is 1.56. The molecule has 3 rings (SSSR count). The minimum atomic E-state index is -0.458. The summed E-state index contributed by atoms with van der Waals surface area (Å²) in [5.74, 6) is -0.606. The molecule has 128 valence electrons. The third-order valence-corrected chi connectivity index (χ3v) is 3.68. The summed E-state index contributed by atoms with van der Waals surface area (Å²) in [6.45, 7) is -0.101. The number of hydrogen-bond donors (Lipinski definition) is 2. The molecule has 1 aromatic heterocycles. The van der Waals surface area contributed by atoms with Crippen molar-refractivity contribution in [1.82, 2.24) is 25.5 Å². The van der Waals surface area contributed by atoms with Crippen LogP contribution in [0.5, 0.6) is 0 Å². The van der Waals surface area contributed by atoms with Crippen molar-refractivity contribution >= 4 is 5.91 Å². The van der Waals surface area contributed by atoms with Crippen LogP contribution in [0.2, 0.25) is 0 Å². The number of carbonyl (C=O) groups excluding carboxylic acids is 1. The lowest BCUT2D eigenvalue weighted by atomic mass is 10.1. The Bertz CT molecular complexity index is 850. The maximum atomic E-state index is 13.3. The van der Waals surface area contributed by atoms with Crippen LogP contribution in [0.3, 0.4) is 0 Å². The molecule has 0 bridgehead atoms. The van der Waals surface area contributed by atoms with Crippen LogP contribution in [0.1, 0.15) is 16.7 Å². The first-order valence-corrected chi connectivity index (χ1v) is 7.63. The lowest BCUT2D eigenvalue weighted by Gasteiger charge is -2.08. The maximum absolute atomic E-state index is 13.3. The Morgan fingerprint density at radius 2 is 1.92 bits per heavy atom. The molecule has 0 aliphatic rings. The summed E-state index contributed by atoms with van der Waals surface area (Å²) in [5, 5.41) is 22.8. The number of halogens is 1. The van der Waals surface area contributed by atoms with E-state index in [1.807, 2.05) is 24.3 Å². The van der Waals surface area contributed by atoms with Crippen molar-refractivity contribution in [2.24, 2.45) is 0 Å². The molecule has 0 fully saturated rings. The molecule has 0 unspecified atom stereocenters. The molecule has 0 saturated heterocycles. The summed E-state index contributed by atoms with van der Waals surface area (Å²) < 4.78 is 14.9. The molecule has 0 atom stereocenters. The highest BCUT2D eigenvalue weighted by molar-refractivity contribution is 5.78. The Kier molecular flexibility index (Phi) is 5.10. The van der Waals surface area contributed by atoms with Crippen LogP contribution in [-0.4, -0.2) is 31.2 Å². The largest absolute Gasteiger partial charge is 0.392 e. The van der Waals surface area contributed by atoms with Gasteiger partial charge in [0.1, 0.15) is 12.1 Å². The van der Waals surface area contributed by atoms with Gasteiger partial charge in [-0.2, -0.15) is 0 Å². The number of aliphatic hydroxyl groups excluding tert-OH is 1. The summed E-state index contributed by atoms with van der Waals surface area (Å²) in [5.41, 5.74) is 2.60.